The maximum absolute atomic E-state index is 14.0. The average Bonchev–Trinajstić information content (AvgIpc) is 2.94. The van der Waals surface area contributed by atoms with Crippen molar-refractivity contribution < 1.29 is 46.5 Å². The molecule has 0 N–H and O–H groups in total. The molecule has 2 aromatic rings. The number of ether oxygens (including phenoxy) is 4. The number of esters is 1. The average molecular weight is 609 g/mol. The van der Waals surface area contributed by atoms with E-state index in [1.807, 2.05) is 0 Å². The van der Waals surface area contributed by atoms with Gasteiger partial charge in [-0.15, -0.1) is 0 Å². The SMILES string of the molecule is COC(=O)C1CN(C(=O)OC(C)(C)C)CCN1C(=O)/C=C/c1ccc(Sc2ccc3c(c2)OCCO3)c(C(F)(F)F)c1. The van der Waals surface area contributed by atoms with Gasteiger partial charge >= 0.3 is 18.2 Å². The smallest absolute Gasteiger partial charge is 0.417 e. The van der Waals surface area contributed by atoms with E-state index in [1.165, 1.54) is 28.0 Å². The second-order valence-electron chi connectivity index (χ2n) is 10.5. The molecular weight excluding hydrogens is 577 g/mol. The summed E-state index contributed by atoms with van der Waals surface area (Å²) in [5.74, 6) is -0.343. The topological polar surface area (TPSA) is 94.6 Å². The van der Waals surface area contributed by atoms with E-state index < -0.39 is 41.4 Å². The molecule has 4 rings (SSSR count). The normalized spacial score (nSPS) is 17.3. The van der Waals surface area contributed by atoms with Crippen LogP contribution in [0.1, 0.15) is 31.9 Å². The first-order valence-electron chi connectivity index (χ1n) is 13.1. The molecule has 2 heterocycles. The van der Waals surface area contributed by atoms with Crippen LogP contribution in [0.5, 0.6) is 11.5 Å². The maximum atomic E-state index is 14.0. The first-order chi connectivity index (χ1) is 19.7. The number of rotatable bonds is 5. The molecule has 42 heavy (non-hydrogen) atoms. The van der Waals surface area contributed by atoms with E-state index in [0.717, 1.165) is 31.0 Å². The fourth-order valence-electron chi connectivity index (χ4n) is 4.32. The Morgan fingerprint density at radius 1 is 1.00 bits per heavy atom. The third-order valence-corrected chi connectivity index (χ3v) is 7.32. The minimum atomic E-state index is -4.65. The van der Waals surface area contributed by atoms with E-state index in [2.05, 4.69) is 0 Å². The molecule has 2 aromatic carbocycles. The Morgan fingerprint density at radius 3 is 2.38 bits per heavy atom. The summed E-state index contributed by atoms with van der Waals surface area (Å²) in [7, 11) is 1.16. The van der Waals surface area contributed by atoms with Crippen LogP contribution in [0.3, 0.4) is 0 Å². The number of benzene rings is 2. The van der Waals surface area contributed by atoms with Gasteiger partial charge in [0.05, 0.1) is 19.2 Å². The zero-order chi connectivity index (χ0) is 30.7. The molecule has 2 amide bonds. The number of carbonyl (C=O) groups is 3. The van der Waals surface area contributed by atoms with Gasteiger partial charge in [0, 0.05) is 29.0 Å². The highest BCUT2D eigenvalue weighted by atomic mass is 32.2. The van der Waals surface area contributed by atoms with E-state index in [9.17, 15) is 27.6 Å². The highest BCUT2D eigenvalue weighted by molar-refractivity contribution is 7.99. The van der Waals surface area contributed by atoms with Gasteiger partial charge in [-0.3, -0.25) is 4.79 Å². The molecule has 0 aromatic heterocycles. The van der Waals surface area contributed by atoms with E-state index >= 15 is 0 Å². The van der Waals surface area contributed by atoms with E-state index in [0.29, 0.717) is 29.6 Å². The Balaban J connectivity index is 1.50. The number of methoxy groups -OCH3 is 1. The highest BCUT2D eigenvalue weighted by Gasteiger charge is 2.38. The van der Waals surface area contributed by atoms with Crippen LogP contribution in [-0.4, -0.2) is 79.4 Å². The largest absolute Gasteiger partial charge is 0.486 e. The van der Waals surface area contributed by atoms with Crippen molar-refractivity contribution in [1.82, 2.24) is 9.80 Å². The lowest BCUT2D eigenvalue weighted by molar-refractivity contribution is -0.154. The molecule has 1 saturated heterocycles. The van der Waals surface area contributed by atoms with E-state index in [-0.39, 0.29) is 30.1 Å². The number of hydrogen-bond acceptors (Lipinski definition) is 8. The standard InChI is InChI=1S/C29H31F3N2O7S/c1-28(2,3)41-27(37)33-11-12-34(21(17-33)26(36)38-4)25(35)10-6-18-5-9-24(20(15-18)29(30,31)32)42-19-7-8-22-23(16-19)40-14-13-39-22/h5-10,15-16,21H,11-14,17H2,1-4H3/b10-6+. The van der Waals surface area contributed by atoms with Gasteiger partial charge in [0.2, 0.25) is 5.91 Å². The molecule has 1 fully saturated rings. The third kappa shape index (κ3) is 7.69. The van der Waals surface area contributed by atoms with Crippen molar-refractivity contribution in [2.24, 2.45) is 0 Å². The van der Waals surface area contributed by atoms with Crippen molar-refractivity contribution in [3.8, 4) is 11.5 Å². The molecule has 0 saturated carbocycles. The maximum Gasteiger partial charge on any atom is 0.417 e. The first kappa shape index (κ1) is 31.1. The predicted molar refractivity (Wildman–Crippen MR) is 147 cm³/mol. The van der Waals surface area contributed by atoms with Crippen molar-refractivity contribution >= 4 is 35.8 Å². The van der Waals surface area contributed by atoms with Gasteiger partial charge in [-0.05, 0) is 62.7 Å². The Morgan fingerprint density at radius 2 is 1.71 bits per heavy atom. The van der Waals surface area contributed by atoms with Crippen LogP contribution in [0.15, 0.2) is 52.3 Å². The Bertz CT molecular complexity index is 1370. The fraction of sp³-hybridized carbons (Fsp3) is 0.414. The molecule has 13 heteroatoms. The van der Waals surface area contributed by atoms with Gasteiger partial charge in [0.15, 0.2) is 11.5 Å². The number of alkyl halides is 3. The summed E-state index contributed by atoms with van der Waals surface area (Å²) in [4.78, 5) is 41.1. The summed E-state index contributed by atoms with van der Waals surface area (Å²) in [6.45, 7) is 5.84. The van der Waals surface area contributed by atoms with Gasteiger partial charge in [0.1, 0.15) is 24.9 Å². The fourth-order valence-corrected chi connectivity index (χ4v) is 5.29. The van der Waals surface area contributed by atoms with Crippen molar-refractivity contribution in [1.29, 1.82) is 0 Å². The lowest BCUT2D eigenvalue weighted by atomic mass is 10.1. The molecule has 0 aliphatic carbocycles. The van der Waals surface area contributed by atoms with Crippen molar-refractivity contribution in [2.45, 2.75) is 48.4 Å². The molecule has 226 valence electrons. The number of amides is 2. The van der Waals surface area contributed by atoms with Gasteiger partial charge in [0.25, 0.3) is 0 Å². The molecule has 0 spiro atoms. The monoisotopic (exact) mass is 608 g/mol. The minimum Gasteiger partial charge on any atom is -0.486 e. The Labute approximate surface area is 245 Å². The number of halogens is 3. The number of nitrogens with zero attached hydrogens (tertiary/aromatic N) is 2. The number of hydrogen-bond donors (Lipinski definition) is 0. The summed E-state index contributed by atoms with van der Waals surface area (Å²) in [5, 5.41) is 0. The molecule has 0 radical (unpaired) electrons. The predicted octanol–water partition coefficient (Wildman–Crippen LogP) is 5.26. The second-order valence-corrected chi connectivity index (χ2v) is 11.6. The van der Waals surface area contributed by atoms with Crippen LogP contribution in [0.2, 0.25) is 0 Å². The molecule has 0 bridgehead atoms. The van der Waals surface area contributed by atoms with Crippen LogP contribution in [0, 0.1) is 0 Å². The highest BCUT2D eigenvalue weighted by Crippen LogP contribution is 2.42. The van der Waals surface area contributed by atoms with Crippen molar-refractivity contribution in [3.05, 3.63) is 53.6 Å². The summed E-state index contributed by atoms with van der Waals surface area (Å²) in [6, 6.07) is 7.61. The minimum absolute atomic E-state index is 0.00109. The second kappa shape index (κ2) is 12.6. The van der Waals surface area contributed by atoms with Crippen LogP contribution in [0.4, 0.5) is 18.0 Å². The number of carbonyl (C=O) groups excluding carboxylic acids is 3. The molecule has 9 nitrogen and oxygen atoms in total. The van der Waals surface area contributed by atoms with Crippen LogP contribution < -0.4 is 9.47 Å². The lowest BCUT2D eigenvalue weighted by Gasteiger charge is -2.39. The quantitative estimate of drug-likeness (QED) is 0.335. The Hall–Kier alpha value is -3.87. The molecule has 2 aliphatic heterocycles. The van der Waals surface area contributed by atoms with Gasteiger partial charge in [-0.1, -0.05) is 17.8 Å². The van der Waals surface area contributed by atoms with E-state index in [4.69, 9.17) is 18.9 Å². The third-order valence-electron chi connectivity index (χ3n) is 6.26. The summed E-state index contributed by atoms with van der Waals surface area (Å²) in [5.41, 5.74) is -1.47. The number of piperazine rings is 1. The summed E-state index contributed by atoms with van der Waals surface area (Å²) >= 11 is 0.933. The summed E-state index contributed by atoms with van der Waals surface area (Å²) in [6.07, 6.45) is -2.93. The Kier molecular flexibility index (Phi) is 9.29. The lowest BCUT2D eigenvalue weighted by Crippen LogP contribution is -2.59. The zero-order valence-corrected chi connectivity index (χ0v) is 24.3. The molecule has 2 aliphatic rings. The van der Waals surface area contributed by atoms with Crippen LogP contribution in [-0.2, 0) is 25.2 Å². The van der Waals surface area contributed by atoms with E-state index in [1.54, 1.807) is 39.0 Å². The van der Waals surface area contributed by atoms with Gasteiger partial charge in [-0.2, -0.15) is 13.2 Å². The molecular formula is C29H31F3N2O7S. The molecule has 1 unspecified atom stereocenters. The number of fused-ring (bicyclic) bond motifs is 1. The summed E-state index contributed by atoms with van der Waals surface area (Å²) < 4.78 is 63.3. The van der Waals surface area contributed by atoms with Gasteiger partial charge in [-0.25, -0.2) is 9.59 Å². The van der Waals surface area contributed by atoms with Crippen LogP contribution in [0.25, 0.3) is 6.08 Å². The first-order valence-corrected chi connectivity index (χ1v) is 13.9. The van der Waals surface area contributed by atoms with Crippen LogP contribution >= 0.6 is 11.8 Å². The van der Waals surface area contributed by atoms with Crippen molar-refractivity contribution in [2.75, 3.05) is 40.0 Å². The van der Waals surface area contributed by atoms with Gasteiger partial charge < -0.3 is 28.7 Å². The van der Waals surface area contributed by atoms with Crippen molar-refractivity contribution in [3.63, 3.8) is 0 Å². The molecule has 1 atom stereocenters. The zero-order valence-electron chi connectivity index (χ0n) is 23.5.